The number of benzene rings is 2. The minimum absolute atomic E-state index is 0.395. The summed E-state index contributed by atoms with van der Waals surface area (Å²) in [6, 6.07) is 16.8. The molecule has 0 fully saturated rings. The Bertz CT molecular complexity index is 694. The molecule has 0 bridgehead atoms. The van der Waals surface area contributed by atoms with Gasteiger partial charge in [0.15, 0.2) is 13.8 Å². The smallest absolute Gasteiger partial charge is 0.252 e. The third kappa shape index (κ3) is 4.12. The first-order valence-electron chi connectivity index (χ1n) is 6.93. The third-order valence-electron chi connectivity index (χ3n) is 3.37. The highest BCUT2D eigenvalue weighted by molar-refractivity contribution is 7.79. The maximum Gasteiger partial charge on any atom is 0.252 e. The van der Waals surface area contributed by atoms with E-state index in [2.05, 4.69) is 5.32 Å². The topological polar surface area (TPSA) is 46.2 Å². The van der Waals surface area contributed by atoms with Gasteiger partial charge in [0.2, 0.25) is 3.79 Å². The highest BCUT2D eigenvalue weighted by atomic mass is 35.6. The quantitative estimate of drug-likeness (QED) is 0.604. The average Bonchev–Trinajstić information content (AvgIpc) is 2.59. The average molecular weight is 409 g/mol. The van der Waals surface area contributed by atoms with E-state index in [4.69, 9.17) is 34.8 Å². The van der Waals surface area contributed by atoms with Crippen LogP contribution in [-0.2, 0) is 9.36 Å². The van der Waals surface area contributed by atoms with Gasteiger partial charge >= 0.3 is 0 Å². The van der Waals surface area contributed by atoms with Gasteiger partial charge < -0.3 is 9.88 Å². The molecule has 1 amide bonds. The van der Waals surface area contributed by atoms with E-state index in [1.54, 1.807) is 60.7 Å². The van der Waals surface area contributed by atoms with E-state index in [-0.39, 0.29) is 0 Å². The van der Waals surface area contributed by atoms with Gasteiger partial charge in [-0.1, -0.05) is 95.5 Å². The van der Waals surface area contributed by atoms with E-state index in [0.29, 0.717) is 10.6 Å². The molecule has 2 aromatic carbocycles. The highest BCUT2D eigenvalue weighted by Crippen LogP contribution is 2.55. The Hall–Kier alpha value is -1.06. The third-order valence-corrected chi connectivity index (χ3v) is 7.86. The summed E-state index contributed by atoms with van der Waals surface area (Å²) in [5.41, 5.74) is 0. The molecular formula is C16H14Cl3FNO2P. The second-order valence-electron chi connectivity index (χ2n) is 4.97. The zero-order chi connectivity index (χ0) is 17.8. The molecule has 0 unspecified atom stereocenters. The number of nitrogens with one attached hydrogen (secondary N) is 1. The maximum atomic E-state index is 14.0. The fraction of sp³-hybridized carbons (Fsp3) is 0.188. The molecule has 0 aromatic heterocycles. The van der Waals surface area contributed by atoms with Crippen molar-refractivity contribution in [3.05, 3.63) is 60.7 Å². The Balaban J connectivity index is 2.68. The van der Waals surface area contributed by atoms with Gasteiger partial charge in [-0.3, -0.25) is 4.79 Å². The van der Waals surface area contributed by atoms with E-state index in [0.717, 1.165) is 0 Å². The van der Waals surface area contributed by atoms with Crippen LogP contribution in [0.25, 0.3) is 0 Å². The van der Waals surface area contributed by atoms with Crippen molar-refractivity contribution in [1.82, 2.24) is 5.32 Å². The first-order chi connectivity index (χ1) is 11.3. The van der Waals surface area contributed by atoms with Crippen LogP contribution in [0.3, 0.4) is 0 Å². The number of hydrogen-bond donors (Lipinski definition) is 1. The molecule has 2 rings (SSSR count). The number of carbonyl (C=O) groups excluding carboxylic acids is 1. The molecule has 0 saturated carbocycles. The van der Waals surface area contributed by atoms with Crippen LogP contribution in [0.4, 0.5) is 4.39 Å². The fourth-order valence-corrected chi connectivity index (χ4v) is 6.58. The summed E-state index contributed by atoms with van der Waals surface area (Å²) in [4.78, 5) is 11.6. The minimum Gasteiger partial charge on any atom is -0.339 e. The SMILES string of the molecule is O=C(CF)N[C@H](C(Cl)(Cl)Cl)P(=O)(c1ccccc1)c1ccccc1. The Kier molecular flexibility index (Phi) is 6.33. The molecule has 1 atom stereocenters. The van der Waals surface area contributed by atoms with Crippen LogP contribution in [0, 0.1) is 0 Å². The minimum atomic E-state index is -3.62. The summed E-state index contributed by atoms with van der Waals surface area (Å²) in [6.07, 6.45) is 0. The normalized spacial score (nSPS) is 13.3. The number of amides is 1. The summed E-state index contributed by atoms with van der Waals surface area (Å²) in [7, 11) is -3.62. The van der Waals surface area contributed by atoms with E-state index >= 15 is 0 Å². The van der Waals surface area contributed by atoms with Crippen LogP contribution in [0.1, 0.15) is 0 Å². The molecule has 24 heavy (non-hydrogen) atoms. The molecule has 3 nitrogen and oxygen atoms in total. The number of rotatable bonds is 5. The Labute approximate surface area is 154 Å². The van der Waals surface area contributed by atoms with Crippen molar-refractivity contribution in [2.24, 2.45) is 0 Å². The molecule has 0 aliphatic rings. The summed E-state index contributed by atoms with van der Waals surface area (Å²) >= 11 is 18.0. The van der Waals surface area contributed by atoms with Crippen LogP contribution < -0.4 is 15.9 Å². The van der Waals surface area contributed by atoms with Crippen molar-refractivity contribution in [3.63, 3.8) is 0 Å². The van der Waals surface area contributed by atoms with Crippen molar-refractivity contribution in [2.45, 2.75) is 9.58 Å². The molecule has 0 saturated heterocycles. The Morgan fingerprint density at radius 1 is 1.00 bits per heavy atom. The van der Waals surface area contributed by atoms with E-state index in [1.807, 2.05) is 0 Å². The molecule has 8 heteroatoms. The number of carbonyl (C=O) groups is 1. The molecule has 0 radical (unpaired) electrons. The molecule has 0 spiro atoms. The first-order valence-corrected chi connectivity index (χ1v) is 9.84. The molecule has 0 heterocycles. The van der Waals surface area contributed by atoms with Crippen molar-refractivity contribution >= 4 is 58.5 Å². The first kappa shape index (κ1) is 19.3. The standard InChI is InChI=1S/C16H14Cl3FNO2P/c17-16(18,19)15(21-14(22)11-20)24(23,12-7-3-1-4-8-12)13-9-5-2-6-10-13/h1-10,15H,11H2,(H,21,22)/t15-/m0/s1. The van der Waals surface area contributed by atoms with Gasteiger partial charge in [-0.2, -0.15) is 0 Å². The summed E-state index contributed by atoms with van der Waals surface area (Å²) < 4.78 is 24.6. The van der Waals surface area contributed by atoms with Gasteiger partial charge in [0, 0.05) is 10.6 Å². The lowest BCUT2D eigenvalue weighted by molar-refractivity contribution is -0.122. The van der Waals surface area contributed by atoms with Crippen LogP contribution in [0.15, 0.2) is 60.7 Å². The second-order valence-corrected chi connectivity index (χ2v) is 10.2. The second kappa shape index (κ2) is 7.88. The van der Waals surface area contributed by atoms with Crippen LogP contribution >= 0.6 is 41.9 Å². The van der Waals surface area contributed by atoms with Gasteiger partial charge in [0.05, 0.1) is 0 Å². The zero-order valence-corrected chi connectivity index (χ0v) is 15.5. The molecule has 128 valence electrons. The van der Waals surface area contributed by atoms with Crippen LogP contribution in [-0.4, -0.2) is 22.2 Å². The fourth-order valence-electron chi connectivity index (χ4n) is 2.32. The maximum absolute atomic E-state index is 14.0. The van der Waals surface area contributed by atoms with Crippen molar-refractivity contribution < 1.29 is 13.8 Å². The van der Waals surface area contributed by atoms with Crippen molar-refractivity contribution in [3.8, 4) is 0 Å². The molecule has 2 aromatic rings. The van der Waals surface area contributed by atoms with E-state index in [9.17, 15) is 13.8 Å². The molecule has 0 aliphatic heterocycles. The van der Waals surface area contributed by atoms with Crippen molar-refractivity contribution in [1.29, 1.82) is 0 Å². The predicted molar refractivity (Wildman–Crippen MR) is 98.0 cm³/mol. The molecule has 1 N–H and O–H groups in total. The number of halogens is 4. The summed E-state index contributed by atoms with van der Waals surface area (Å²) in [5.74, 6) is -2.42. The lowest BCUT2D eigenvalue weighted by Gasteiger charge is -2.33. The van der Waals surface area contributed by atoms with Gasteiger partial charge in [-0.05, 0) is 0 Å². The summed E-state index contributed by atoms with van der Waals surface area (Å²) in [5, 5.41) is 3.06. The van der Waals surface area contributed by atoms with Gasteiger partial charge in [0.25, 0.3) is 5.91 Å². The summed E-state index contributed by atoms with van der Waals surface area (Å²) in [6.45, 7) is -1.30. The lowest BCUT2D eigenvalue weighted by Crippen LogP contribution is -2.48. The van der Waals surface area contributed by atoms with Gasteiger partial charge in [0.1, 0.15) is 5.78 Å². The van der Waals surface area contributed by atoms with E-state index < -0.39 is 29.3 Å². The van der Waals surface area contributed by atoms with Crippen LogP contribution in [0.2, 0.25) is 0 Å². The van der Waals surface area contributed by atoms with Crippen molar-refractivity contribution in [2.75, 3.05) is 6.67 Å². The monoisotopic (exact) mass is 407 g/mol. The Morgan fingerprint density at radius 2 is 1.42 bits per heavy atom. The van der Waals surface area contributed by atoms with Gasteiger partial charge in [-0.15, -0.1) is 0 Å². The predicted octanol–water partition coefficient (Wildman–Crippen LogP) is 3.78. The zero-order valence-electron chi connectivity index (χ0n) is 12.3. The lowest BCUT2D eigenvalue weighted by atomic mass is 10.4. The number of alkyl halides is 4. The Morgan fingerprint density at radius 3 is 1.75 bits per heavy atom. The van der Waals surface area contributed by atoms with E-state index in [1.165, 1.54) is 0 Å². The van der Waals surface area contributed by atoms with Crippen LogP contribution in [0.5, 0.6) is 0 Å². The number of hydrogen-bond acceptors (Lipinski definition) is 2. The highest BCUT2D eigenvalue weighted by Gasteiger charge is 2.49. The van der Waals surface area contributed by atoms with Gasteiger partial charge in [-0.25, -0.2) is 4.39 Å². The molecule has 0 aliphatic carbocycles. The molecular weight excluding hydrogens is 395 g/mol. The largest absolute Gasteiger partial charge is 0.339 e.